The summed E-state index contributed by atoms with van der Waals surface area (Å²) in [7, 11) is 0. The number of carbonyl (C=O) groups excluding carboxylic acids is 3. The van der Waals surface area contributed by atoms with Crippen molar-refractivity contribution in [2.24, 2.45) is 0 Å². The number of carbonyl (C=O) groups is 3. The van der Waals surface area contributed by atoms with E-state index in [4.69, 9.17) is 11.6 Å². The highest BCUT2D eigenvalue weighted by molar-refractivity contribution is 6.35. The lowest BCUT2D eigenvalue weighted by Crippen LogP contribution is -2.30. The van der Waals surface area contributed by atoms with Crippen LogP contribution in [0.5, 0.6) is 0 Å². The normalized spacial score (nSPS) is 10.5. The van der Waals surface area contributed by atoms with E-state index in [0.29, 0.717) is 11.7 Å². The van der Waals surface area contributed by atoms with Crippen molar-refractivity contribution in [3.63, 3.8) is 0 Å². The largest absolute Gasteiger partial charge is 0.344 e. The van der Waals surface area contributed by atoms with E-state index >= 15 is 0 Å². The van der Waals surface area contributed by atoms with Gasteiger partial charge in [0.05, 0.1) is 11.9 Å². The molecule has 0 saturated carbocycles. The molecule has 0 aliphatic rings. The number of nitrogens with one attached hydrogen (secondary N) is 2. The number of hydrogen-bond acceptors (Lipinski definition) is 6. The van der Waals surface area contributed by atoms with Crippen LogP contribution < -0.4 is 5.32 Å². The van der Waals surface area contributed by atoms with Gasteiger partial charge >= 0.3 is 0 Å². The first-order valence-electron chi connectivity index (χ1n) is 6.82. The third-order valence-corrected chi connectivity index (χ3v) is 3.61. The monoisotopic (exact) mass is 343 g/mol. The van der Waals surface area contributed by atoms with Crippen molar-refractivity contribution >= 4 is 40.6 Å². The van der Waals surface area contributed by atoms with E-state index in [9.17, 15) is 14.4 Å². The minimum absolute atomic E-state index is 0.0923. The molecule has 0 atom stereocenters. The summed E-state index contributed by atoms with van der Waals surface area (Å²) in [6.45, 7) is -0.297. The standard InChI is InChI=1S/C15H10ClN5O3/c16-13-11-12(20-21-14(11)19-7-18-13)10(23)5-17-15(24)9-4-2-1-3-8(9)6-22/h1-4,6-7H,5H2,(H,17,24)(H,18,19,20,21). The molecule has 9 heteroatoms. The van der Waals surface area contributed by atoms with Crippen LogP contribution in [0.2, 0.25) is 5.15 Å². The van der Waals surface area contributed by atoms with Crippen LogP contribution >= 0.6 is 11.6 Å². The molecule has 0 aliphatic carbocycles. The molecule has 2 aromatic heterocycles. The average Bonchev–Trinajstić information content (AvgIpc) is 3.05. The molecule has 24 heavy (non-hydrogen) atoms. The number of ketones is 1. The van der Waals surface area contributed by atoms with E-state index in [0.717, 1.165) is 0 Å². The SMILES string of the molecule is O=Cc1ccccc1C(=O)NCC(=O)c1[nH]nc2ncnc(Cl)c12. The van der Waals surface area contributed by atoms with Crippen LogP contribution in [0, 0.1) is 0 Å². The summed E-state index contributed by atoms with van der Waals surface area (Å²) in [4.78, 5) is 43.1. The predicted octanol–water partition coefficient (Wildman–Crippen LogP) is 1.43. The zero-order chi connectivity index (χ0) is 17.1. The zero-order valence-electron chi connectivity index (χ0n) is 12.1. The number of fused-ring (bicyclic) bond motifs is 1. The molecule has 3 aromatic rings. The molecule has 1 amide bonds. The highest BCUT2D eigenvalue weighted by Gasteiger charge is 2.19. The van der Waals surface area contributed by atoms with Gasteiger partial charge in [0.2, 0.25) is 0 Å². The first kappa shape index (κ1) is 15.8. The van der Waals surface area contributed by atoms with Gasteiger partial charge in [-0.3, -0.25) is 19.5 Å². The van der Waals surface area contributed by atoms with Gasteiger partial charge in [-0.1, -0.05) is 29.8 Å². The predicted molar refractivity (Wildman–Crippen MR) is 85.2 cm³/mol. The number of rotatable bonds is 5. The molecular formula is C15H10ClN5O3. The maximum Gasteiger partial charge on any atom is 0.252 e. The van der Waals surface area contributed by atoms with Crippen LogP contribution in [0.4, 0.5) is 0 Å². The van der Waals surface area contributed by atoms with Crippen molar-refractivity contribution in [2.75, 3.05) is 6.54 Å². The van der Waals surface area contributed by atoms with Crippen LogP contribution in [0.25, 0.3) is 11.0 Å². The Balaban J connectivity index is 1.78. The van der Waals surface area contributed by atoms with Crippen molar-refractivity contribution in [3.05, 3.63) is 52.6 Å². The third kappa shape index (κ3) is 2.86. The smallest absolute Gasteiger partial charge is 0.252 e. The first-order chi connectivity index (χ1) is 11.6. The van der Waals surface area contributed by atoms with Gasteiger partial charge in [0.25, 0.3) is 5.91 Å². The third-order valence-electron chi connectivity index (χ3n) is 3.33. The molecule has 0 aliphatic heterocycles. The van der Waals surface area contributed by atoms with Crippen molar-refractivity contribution < 1.29 is 14.4 Å². The van der Waals surface area contributed by atoms with E-state index in [2.05, 4.69) is 25.5 Å². The van der Waals surface area contributed by atoms with E-state index in [1.165, 1.54) is 18.5 Å². The fraction of sp³-hybridized carbons (Fsp3) is 0.0667. The Labute approximate surface area is 140 Å². The van der Waals surface area contributed by atoms with Crippen LogP contribution in [-0.2, 0) is 0 Å². The minimum atomic E-state index is -0.530. The Morgan fingerprint density at radius 1 is 1.25 bits per heavy atom. The lowest BCUT2D eigenvalue weighted by atomic mass is 10.1. The van der Waals surface area contributed by atoms with Crippen LogP contribution in [0.3, 0.4) is 0 Å². The maximum atomic E-state index is 12.3. The molecule has 3 rings (SSSR count). The van der Waals surface area contributed by atoms with Gasteiger partial charge in [0.15, 0.2) is 17.7 Å². The van der Waals surface area contributed by atoms with Crippen molar-refractivity contribution in [1.29, 1.82) is 0 Å². The number of hydrogen-bond donors (Lipinski definition) is 2. The fourth-order valence-electron chi connectivity index (χ4n) is 2.17. The van der Waals surface area contributed by atoms with Gasteiger partial charge in [0.1, 0.15) is 17.2 Å². The van der Waals surface area contributed by atoms with Gasteiger partial charge in [-0.25, -0.2) is 9.97 Å². The molecule has 8 nitrogen and oxygen atoms in total. The van der Waals surface area contributed by atoms with E-state index < -0.39 is 11.7 Å². The number of benzene rings is 1. The number of aldehydes is 1. The molecular weight excluding hydrogens is 334 g/mol. The summed E-state index contributed by atoms with van der Waals surface area (Å²) in [5, 5.41) is 9.28. The Kier molecular flexibility index (Phi) is 4.30. The van der Waals surface area contributed by atoms with Crippen LogP contribution in [0.15, 0.2) is 30.6 Å². The van der Waals surface area contributed by atoms with E-state index in [1.807, 2.05) is 0 Å². The molecule has 2 heterocycles. The molecule has 0 saturated heterocycles. The highest BCUT2D eigenvalue weighted by Crippen LogP contribution is 2.21. The lowest BCUT2D eigenvalue weighted by Gasteiger charge is -2.06. The van der Waals surface area contributed by atoms with E-state index in [1.54, 1.807) is 12.1 Å². The van der Waals surface area contributed by atoms with Crippen LogP contribution in [-0.4, -0.2) is 44.7 Å². The second-order valence-corrected chi connectivity index (χ2v) is 5.13. The minimum Gasteiger partial charge on any atom is -0.344 e. The Morgan fingerprint density at radius 3 is 2.83 bits per heavy atom. The number of aromatic amines is 1. The van der Waals surface area contributed by atoms with Crippen molar-refractivity contribution in [1.82, 2.24) is 25.5 Å². The molecule has 0 unspecified atom stereocenters. The molecule has 1 aromatic carbocycles. The highest BCUT2D eigenvalue weighted by atomic mass is 35.5. The van der Waals surface area contributed by atoms with Gasteiger partial charge < -0.3 is 5.32 Å². The lowest BCUT2D eigenvalue weighted by molar-refractivity contribution is 0.0901. The summed E-state index contributed by atoms with van der Waals surface area (Å²) in [5.74, 6) is -0.969. The number of nitrogens with zero attached hydrogens (tertiary/aromatic N) is 3. The Bertz CT molecular complexity index is 953. The summed E-state index contributed by atoms with van der Waals surface area (Å²) in [6, 6.07) is 6.29. The first-order valence-corrected chi connectivity index (χ1v) is 7.19. The second kappa shape index (κ2) is 6.55. The van der Waals surface area contributed by atoms with Gasteiger partial charge in [-0.2, -0.15) is 5.10 Å². The molecule has 0 radical (unpaired) electrons. The number of halogens is 1. The summed E-state index contributed by atoms with van der Waals surface area (Å²) in [5.41, 5.74) is 0.803. The van der Waals surface area contributed by atoms with Crippen molar-refractivity contribution in [2.45, 2.75) is 0 Å². The number of Topliss-reactive ketones (excluding diaryl/α,β-unsaturated/α-hetero) is 1. The average molecular weight is 344 g/mol. The molecule has 0 bridgehead atoms. The number of amides is 1. The maximum absolute atomic E-state index is 12.3. The van der Waals surface area contributed by atoms with Crippen molar-refractivity contribution in [3.8, 4) is 0 Å². The van der Waals surface area contributed by atoms with E-state index in [-0.39, 0.29) is 34.2 Å². The fourth-order valence-corrected chi connectivity index (χ4v) is 2.40. The summed E-state index contributed by atoms with van der Waals surface area (Å²) in [6.07, 6.45) is 1.81. The number of aromatic nitrogens is 4. The quantitative estimate of drug-likeness (QED) is 0.411. The van der Waals surface area contributed by atoms with Gasteiger partial charge in [0, 0.05) is 11.1 Å². The Morgan fingerprint density at radius 2 is 2.04 bits per heavy atom. The summed E-state index contributed by atoms with van der Waals surface area (Å²) >= 11 is 5.96. The summed E-state index contributed by atoms with van der Waals surface area (Å²) < 4.78 is 0. The Hall–Kier alpha value is -3.13. The van der Waals surface area contributed by atoms with Crippen LogP contribution in [0.1, 0.15) is 31.2 Å². The zero-order valence-corrected chi connectivity index (χ0v) is 12.9. The molecule has 0 fully saturated rings. The second-order valence-electron chi connectivity index (χ2n) is 4.77. The van der Waals surface area contributed by atoms with Gasteiger partial charge in [-0.05, 0) is 6.07 Å². The molecule has 0 spiro atoms. The molecule has 2 N–H and O–H groups in total. The van der Waals surface area contributed by atoms with Gasteiger partial charge in [-0.15, -0.1) is 0 Å². The topological polar surface area (TPSA) is 118 Å². The number of H-pyrrole nitrogens is 1. The molecule has 120 valence electrons.